The average molecular weight is 243 g/mol. The van der Waals surface area contributed by atoms with E-state index in [2.05, 4.69) is 15.3 Å². The first-order valence-corrected chi connectivity index (χ1v) is 6.52. The van der Waals surface area contributed by atoms with Crippen molar-refractivity contribution in [1.29, 1.82) is 0 Å². The van der Waals surface area contributed by atoms with E-state index >= 15 is 0 Å². The first-order valence-electron chi connectivity index (χ1n) is 6.52. The Morgan fingerprint density at radius 3 is 3.06 bits per heavy atom. The SMILES string of the molecule is O=C(CNC1CCCC1)c1ccc2nc[nH]c2c1. The van der Waals surface area contributed by atoms with E-state index in [0.29, 0.717) is 12.6 Å². The molecule has 1 aliphatic rings. The molecule has 2 aromatic rings. The lowest BCUT2D eigenvalue weighted by molar-refractivity contribution is 0.0987. The summed E-state index contributed by atoms with van der Waals surface area (Å²) in [5.41, 5.74) is 2.56. The largest absolute Gasteiger partial charge is 0.345 e. The van der Waals surface area contributed by atoms with E-state index < -0.39 is 0 Å². The molecule has 1 aliphatic carbocycles. The Hall–Kier alpha value is -1.68. The highest BCUT2D eigenvalue weighted by Gasteiger charge is 2.16. The smallest absolute Gasteiger partial charge is 0.176 e. The van der Waals surface area contributed by atoms with Gasteiger partial charge in [-0.2, -0.15) is 0 Å². The molecule has 1 fully saturated rings. The maximum Gasteiger partial charge on any atom is 0.176 e. The lowest BCUT2D eigenvalue weighted by Crippen LogP contribution is -2.31. The second kappa shape index (κ2) is 4.90. The normalized spacial score (nSPS) is 16.4. The molecule has 1 heterocycles. The highest BCUT2D eigenvalue weighted by atomic mass is 16.1. The highest BCUT2D eigenvalue weighted by molar-refractivity contribution is 6.00. The van der Waals surface area contributed by atoms with Gasteiger partial charge in [-0.3, -0.25) is 4.79 Å². The zero-order chi connectivity index (χ0) is 12.4. The number of carbonyl (C=O) groups excluding carboxylic acids is 1. The molecule has 18 heavy (non-hydrogen) atoms. The number of hydrogen-bond acceptors (Lipinski definition) is 3. The van der Waals surface area contributed by atoms with Crippen molar-refractivity contribution in [1.82, 2.24) is 15.3 Å². The van der Waals surface area contributed by atoms with Gasteiger partial charge in [-0.05, 0) is 31.0 Å². The number of carbonyl (C=O) groups is 1. The Morgan fingerprint density at radius 1 is 1.39 bits per heavy atom. The molecule has 0 amide bonds. The summed E-state index contributed by atoms with van der Waals surface area (Å²) >= 11 is 0. The van der Waals surface area contributed by atoms with E-state index in [1.165, 1.54) is 25.7 Å². The van der Waals surface area contributed by atoms with E-state index in [1.54, 1.807) is 6.33 Å². The van der Waals surface area contributed by atoms with Gasteiger partial charge in [0.2, 0.25) is 0 Å². The molecule has 4 heteroatoms. The van der Waals surface area contributed by atoms with Gasteiger partial charge in [0, 0.05) is 11.6 Å². The standard InChI is InChI=1S/C14H17N3O/c18-14(8-15-11-3-1-2-4-11)10-5-6-12-13(7-10)17-9-16-12/h5-7,9,11,15H,1-4,8H2,(H,16,17). The molecule has 1 saturated carbocycles. The molecule has 1 aromatic heterocycles. The minimum atomic E-state index is 0.151. The van der Waals surface area contributed by atoms with Gasteiger partial charge >= 0.3 is 0 Å². The number of nitrogens with one attached hydrogen (secondary N) is 2. The van der Waals surface area contributed by atoms with E-state index in [1.807, 2.05) is 18.2 Å². The Morgan fingerprint density at radius 2 is 2.22 bits per heavy atom. The third-order valence-electron chi connectivity index (χ3n) is 3.65. The minimum absolute atomic E-state index is 0.151. The molecule has 0 saturated heterocycles. The number of aromatic amines is 1. The predicted molar refractivity (Wildman–Crippen MR) is 70.7 cm³/mol. The molecule has 1 aromatic carbocycles. The number of imidazole rings is 1. The summed E-state index contributed by atoms with van der Waals surface area (Å²) in [6.07, 6.45) is 6.62. The number of fused-ring (bicyclic) bond motifs is 1. The zero-order valence-corrected chi connectivity index (χ0v) is 10.3. The third-order valence-corrected chi connectivity index (χ3v) is 3.65. The number of hydrogen-bond donors (Lipinski definition) is 2. The van der Waals surface area contributed by atoms with E-state index in [9.17, 15) is 4.79 Å². The van der Waals surface area contributed by atoms with Crippen molar-refractivity contribution in [3.8, 4) is 0 Å². The minimum Gasteiger partial charge on any atom is -0.345 e. The zero-order valence-electron chi connectivity index (χ0n) is 10.3. The number of aromatic nitrogens is 2. The van der Waals surface area contributed by atoms with Gasteiger partial charge in [0.1, 0.15) is 0 Å². The Labute approximate surface area is 106 Å². The summed E-state index contributed by atoms with van der Waals surface area (Å²) in [6, 6.07) is 6.14. The number of benzene rings is 1. The van der Waals surface area contributed by atoms with Gasteiger partial charge < -0.3 is 10.3 Å². The van der Waals surface area contributed by atoms with Crippen molar-refractivity contribution >= 4 is 16.8 Å². The summed E-state index contributed by atoms with van der Waals surface area (Å²) in [5.74, 6) is 0.151. The van der Waals surface area contributed by atoms with Crippen LogP contribution in [0.3, 0.4) is 0 Å². The summed E-state index contributed by atoms with van der Waals surface area (Å²) < 4.78 is 0. The molecule has 3 rings (SSSR count). The van der Waals surface area contributed by atoms with Gasteiger partial charge in [-0.1, -0.05) is 12.8 Å². The molecular weight excluding hydrogens is 226 g/mol. The molecule has 4 nitrogen and oxygen atoms in total. The highest BCUT2D eigenvalue weighted by Crippen LogP contribution is 2.17. The van der Waals surface area contributed by atoms with Crippen molar-refractivity contribution in [2.75, 3.05) is 6.54 Å². The van der Waals surface area contributed by atoms with Crippen LogP contribution >= 0.6 is 0 Å². The Kier molecular flexibility index (Phi) is 3.11. The molecule has 0 bridgehead atoms. The van der Waals surface area contributed by atoms with Gasteiger partial charge in [0.05, 0.1) is 23.9 Å². The van der Waals surface area contributed by atoms with Crippen LogP contribution in [0.4, 0.5) is 0 Å². The van der Waals surface area contributed by atoms with E-state index in [4.69, 9.17) is 0 Å². The van der Waals surface area contributed by atoms with Crippen molar-refractivity contribution < 1.29 is 4.79 Å². The molecule has 0 unspecified atom stereocenters. The van der Waals surface area contributed by atoms with Crippen LogP contribution in [0.1, 0.15) is 36.0 Å². The average Bonchev–Trinajstić information content (AvgIpc) is 3.05. The number of Topliss-reactive ketones (excluding diaryl/α,β-unsaturated/α-hetero) is 1. The fourth-order valence-corrected chi connectivity index (χ4v) is 2.58. The van der Waals surface area contributed by atoms with Crippen LogP contribution in [0, 0.1) is 0 Å². The number of rotatable bonds is 4. The molecule has 2 N–H and O–H groups in total. The van der Waals surface area contributed by atoms with Crippen molar-refractivity contribution in [3.63, 3.8) is 0 Å². The van der Waals surface area contributed by atoms with Crippen LogP contribution in [0.5, 0.6) is 0 Å². The molecule has 94 valence electrons. The third kappa shape index (κ3) is 2.29. The number of ketones is 1. The quantitative estimate of drug-likeness (QED) is 0.810. The van der Waals surface area contributed by atoms with Gasteiger partial charge in [-0.25, -0.2) is 4.98 Å². The summed E-state index contributed by atoms with van der Waals surface area (Å²) in [6.45, 7) is 0.435. The number of H-pyrrole nitrogens is 1. The second-order valence-electron chi connectivity index (χ2n) is 4.92. The molecule has 0 spiro atoms. The van der Waals surface area contributed by atoms with E-state index in [-0.39, 0.29) is 5.78 Å². The first kappa shape index (κ1) is 11.4. The Bertz CT molecular complexity index is 555. The maximum absolute atomic E-state index is 12.1. The van der Waals surface area contributed by atoms with Crippen molar-refractivity contribution in [2.45, 2.75) is 31.7 Å². The van der Waals surface area contributed by atoms with Crippen LogP contribution in [0.15, 0.2) is 24.5 Å². The van der Waals surface area contributed by atoms with Gasteiger partial charge in [0.25, 0.3) is 0 Å². The summed E-state index contributed by atoms with van der Waals surface area (Å²) in [7, 11) is 0. The van der Waals surface area contributed by atoms with Crippen LogP contribution in [-0.4, -0.2) is 28.3 Å². The Balaban J connectivity index is 1.67. The fraction of sp³-hybridized carbons (Fsp3) is 0.429. The molecular formula is C14H17N3O. The maximum atomic E-state index is 12.1. The van der Waals surface area contributed by atoms with Crippen molar-refractivity contribution in [2.24, 2.45) is 0 Å². The van der Waals surface area contributed by atoms with Crippen LogP contribution in [-0.2, 0) is 0 Å². The van der Waals surface area contributed by atoms with Crippen LogP contribution in [0.2, 0.25) is 0 Å². The second-order valence-corrected chi connectivity index (χ2v) is 4.92. The van der Waals surface area contributed by atoms with Gasteiger partial charge in [0.15, 0.2) is 5.78 Å². The van der Waals surface area contributed by atoms with Crippen molar-refractivity contribution in [3.05, 3.63) is 30.1 Å². The molecule has 0 atom stereocenters. The number of nitrogens with zero attached hydrogens (tertiary/aromatic N) is 1. The van der Waals surface area contributed by atoms with Crippen LogP contribution < -0.4 is 5.32 Å². The molecule has 0 radical (unpaired) electrons. The lowest BCUT2D eigenvalue weighted by atomic mass is 10.1. The monoisotopic (exact) mass is 243 g/mol. The predicted octanol–water partition coefficient (Wildman–Crippen LogP) is 2.28. The topological polar surface area (TPSA) is 57.8 Å². The van der Waals surface area contributed by atoms with Crippen LogP contribution in [0.25, 0.3) is 11.0 Å². The first-order chi connectivity index (χ1) is 8.83. The van der Waals surface area contributed by atoms with Gasteiger partial charge in [-0.15, -0.1) is 0 Å². The molecule has 0 aliphatic heterocycles. The fourth-order valence-electron chi connectivity index (χ4n) is 2.58. The summed E-state index contributed by atoms with van der Waals surface area (Å²) in [5, 5.41) is 3.35. The summed E-state index contributed by atoms with van der Waals surface area (Å²) in [4.78, 5) is 19.2. The lowest BCUT2D eigenvalue weighted by Gasteiger charge is -2.10. The van der Waals surface area contributed by atoms with E-state index in [0.717, 1.165) is 16.6 Å².